The Morgan fingerprint density at radius 3 is 2.53 bits per heavy atom. The molecule has 1 unspecified atom stereocenters. The summed E-state index contributed by atoms with van der Waals surface area (Å²) < 4.78 is 16.6. The van der Waals surface area contributed by atoms with Crippen LogP contribution in [-0.4, -0.2) is 31.3 Å². The average Bonchev–Trinajstić information content (AvgIpc) is 2.95. The van der Waals surface area contributed by atoms with Gasteiger partial charge in [-0.2, -0.15) is 0 Å². The fourth-order valence-electron chi connectivity index (χ4n) is 3.92. The molecular weight excluding hydrogens is 385 g/mol. The molecule has 0 fully saturated rings. The highest BCUT2D eigenvalue weighted by molar-refractivity contribution is 5.93. The number of hydrogen-bond acceptors (Lipinski definition) is 4. The number of aromatic nitrogens is 2. The maximum atomic E-state index is 14.7. The Kier molecular flexibility index (Phi) is 5.52. The van der Waals surface area contributed by atoms with Crippen LogP contribution in [0.5, 0.6) is 0 Å². The lowest BCUT2D eigenvalue weighted by Crippen LogP contribution is -2.28. The van der Waals surface area contributed by atoms with Crippen molar-refractivity contribution >= 4 is 5.91 Å². The number of benzene rings is 1. The summed E-state index contributed by atoms with van der Waals surface area (Å²) in [5, 5.41) is 20.7. The number of primary amides is 1. The summed E-state index contributed by atoms with van der Waals surface area (Å²) in [6.07, 6.45) is 2.05. The second-order valence-corrected chi connectivity index (χ2v) is 8.82. The number of carbonyl (C=O) groups is 1. The molecular formula is C23H28FN3O3. The van der Waals surface area contributed by atoms with E-state index in [0.29, 0.717) is 29.9 Å². The van der Waals surface area contributed by atoms with E-state index in [9.17, 15) is 19.4 Å². The van der Waals surface area contributed by atoms with E-state index in [0.717, 1.165) is 12.0 Å². The van der Waals surface area contributed by atoms with Crippen LogP contribution < -0.4 is 5.73 Å². The molecule has 7 heteroatoms. The maximum Gasteiger partial charge on any atom is 0.269 e. The van der Waals surface area contributed by atoms with E-state index < -0.39 is 22.9 Å². The number of hydrogen-bond donors (Lipinski definition) is 3. The standard InChI is InChI=1S/C23H28FN3O3/c1-6-15-8-7-13-12-17(24)14(9-10-22(2,3)29)11-16(13)21-26-18(20(25)28)19(27(15)21)23(4,5)30/h11-12,15,29-30H,6-8H2,1-5H3,(H2,25,28). The summed E-state index contributed by atoms with van der Waals surface area (Å²) >= 11 is 0. The zero-order chi connectivity index (χ0) is 22.4. The quantitative estimate of drug-likeness (QED) is 0.673. The normalized spacial score (nSPS) is 16.2. The third kappa shape index (κ3) is 4.11. The zero-order valence-electron chi connectivity index (χ0n) is 18.0. The number of rotatable bonds is 3. The first-order chi connectivity index (χ1) is 13.8. The number of aryl methyl sites for hydroxylation is 1. The van der Waals surface area contributed by atoms with Crippen molar-refractivity contribution in [2.45, 2.75) is 71.1 Å². The third-order valence-electron chi connectivity index (χ3n) is 5.24. The number of nitrogens with zero attached hydrogens (tertiary/aromatic N) is 2. The van der Waals surface area contributed by atoms with Crippen LogP contribution in [0.25, 0.3) is 11.4 Å². The van der Waals surface area contributed by atoms with Crippen LogP contribution in [0.3, 0.4) is 0 Å². The molecule has 0 saturated carbocycles. The highest BCUT2D eigenvalue weighted by atomic mass is 19.1. The van der Waals surface area contributed by atoms with Gasteiger partial charge >= 0.3 is 0 Å². The van der Waals surface area contributed by atoms with Crippen molar-refractivity contribution in [1.29, 1.82) is 0 Å². The lowest BCUT2D eigenvalue weighted by atomic mass is 9.97. The first-order valence-corrected chi connectivity index (χ1v) is 10.1. The first kappa shape index (κ1) is 22.0. The molecule has 0 radical (unpaired) electrons. The average molecular weight is 413 g/mol. The Balaban J connectivity index is 2.35. The lowest BCUT2D eigenvalue weighted by molar-refractivity contribution is 0.0652. The van der Waals surface area contributed by atoms with E-state index >= 15 is 0 Å². The summed E-state index contributed by atoms with van der Waals surface area (Å²) in [5.41, 5.74) is 4.86. The lowest BCUT2D eigenvalue weighted by Gasteiger charge is -2.26. The second kappa shape index (κ2) is 7.53. The molecule has 2 aromatic rings. The van der Waals surface area contributed by atoms with Gasteiger partial charge in [0, 0.05) is 11.6 Å². The third-order valence-corrected chi connectivity index (χ3v) is 5.24. The number of carbonyl (C=O) groups excluding carboxylic acids is 1. The van der Waals surface area contributed by atoms with Crippen LogP contribution in [0.15, 0.2) is 12.1 Å². The Morgan fingerprint density at radius 2 is 2.00 bits per heavy atom. The van der Waals surface area contributed by atoms with Crippen molar-refractivity contribution in [3.8, 4) is 23.2 Å². The van der Waals surface area contributed by atoms with Gasteiger partial charge < -0.3 is 20.5 Å². The van der Waals surface area contributed by atoms with Gasteiger partial charge in [0.15, 0.2) is 5.69 Å². The summed E-state index contributed by atoms with van der Waals surface area (Å²) in [7, 11) is 0. The topological polar surface area (TPSA) is 101 Å². The van der Waals surface area contributed by atoms with Gasteiger partial charge in [-0.3, -0.25) is 4.79 Å². The Bertz CT molecular complexity index is 1060. The molecule has 1 amide bonds. The number of amides is 1. The fourth-order valence-corrected chi connectivity index (χ4v) is 3.92. The van der Waals surface area contributed by atoms with Crippen LogP contribution in [0.2, 0.25) is 0 Å². The van der Waals surface area contributed by atoms with E-state index in [1.54, 1.807) is 19.9 Å². The number of fused-ring (bicyclic) bond motifs is 3. The predicted molar refractivity (Wildman–Crippen MR) is 112 cm³/mol. The van der Waals surface area contributed by atoms with Crippen LogP contribution in [0.1, 0.15) is 80.8 Å². The molecule has 0 bridgehead atoms. The molecule has 30 heavy (non-hydrogen) atoms. The Morgan fingerprint density at radius 1 is 1.33 bits per heavy atom. The number of aliphatic hydroxyl groups is 2. The molecule has 6 nitrogen and oxygen atoms in total. The SMILES string of the molecule is CCC1CCc2cc(F)c(C#CC(C)(C)O)cc2-c2nc(C(N)=O)c(C(C)(C)O)n21. The molecule has 1 aromatic heterocycles. The van der Waals surface area contributed by atoms with Crippen molar-refractivity contribution in [2.75, 3.05) is 0 Å². The number of nitrogens with two attached hydrogens (primary N) is 1. The number of imidazole rings is 1. The zero-order valence-corrected chi connectivity index (χ0v) is 18.0. The smallest absolute Gasteiger partial charge is 0.269 e. The predicted octanol–water partition coefficient (Wildman–Crippen LogP) is 3.04. The minimum atomic E-state index is -1.35. The summed E-state index contributed by atoms with van der Waals surface area (Å²) in [6.45, 7) is 8.24. The van der Waals surface area contributed by atoms with E-state index in [2.05, 4.69) is 16.8 Å². The van der Waals surface area contributed by atoms with Crippen molar-refractivity contribution in [3.63, 3.8) is 0 Å². The van der Waals surface area contributed by atoms with Gasteiger partial charge in [0.2, 0.25) is 0 Å². The summed E-state index contributed by atoms with van der Waals surface area (Å²) in [6, 6.07) is 3.00. The molecule has 3 rings (SSSR count). The highest BCUT2D eigenvalue weighted by Crippen LogP contribution is 2.40. The monoisotopic (exact) mass is 413 g/mol. The first-order valence-electron chi connectivity index (χ1n) is 10.1. The molecule has 0 aliphatic carbocycles. The van der Waals surface area contributed by atoms with Gasteiger partial charge in [-0.15, -0.1) is 0 Å². The maximum absolute atomic E-state index is 14.7. The van der Waals surface area contributed by atoms with E-state index in [1.807, 2.05) is 11.5 Å². The van der Waals surface area contributed by atoms with Crippen molar-refractivity contribution < 1.29 is 19.4 Å². The Labute approximate surface area is 175 Å². The minimum absolute atomic E-state index is 0.0113. The van der Waals surface area contributed by atoms with E-state index in [1.165, 1.54) is 19.9 Å². The largest absolute Gasteiger partial charge is 0.384 e. The van der Waals surface area contributed by atoms with Crippen LogP contribution >= 0.6 is 0 Å². The van der Waals surface area contributed by atoms with Gasteiger partial charge in [0.25, 0.3) is 5.91 Å². The second-order valence-electron chi connectivity index (χ2n) is 8.82. The molecule has 4 N–H and O–H groups in total. The van der Waals surface area contributed by atoms with Crippen LogP contribution in [0, 0.1) is 17.7 Å². The highest BCUT2D eigenvalue weighted by Gasteiger charge is 2.36. The minimum Gasteiger partial charge on any atom is -0.384 e. The van der Waals surface area contributed by atoms with Gasteiger partial charge in [0.05, 0.1) is 11.3 Å². The molecule has 0 saturated heterocycles. The molecule has 2 heterocycles. The molecule has 1 aliphatic rings. The van der Waals surface area contributed by atoms with Crippen molar-refractivity contribution in [3.05, 3.63) is 40.5 Å². The van der Waals surface area contributed by atoms with Crippen LogP contribution in [0.4, 0.5) is 4.39 Å². The van der Waals surface area contributed by atoms with Crippen molar-refractivity contribution in [1.82, 2.24) is 9.55 Å². The van der Waals surface area contributed by atoms with Crippen LogP contribution in [-0.2, 0) is 12.0 Å². The molecule has 1 aliphatic heterocycles. The summed E-state index contributed by atoms with van der Waals surface area (Å²) in [4.78, 5) is 16.6. The molecule has 1 aromatic carbocycles. The van der Waals surface area contributed by atoms with E-state index in [-0.39, 0.29) is 17.3 Å². The van der Waals surface area contributed by atoms with Gasteiger partial charge in [-0.1, -0.05) is 18.8 Å². The molecule has 1 atom stereocenters. The van der Waals surface area contributed by atoms with Gasteiger partial charge in [0.1, 0.15) is 22.8 Å². The molecule has 160 valence electrons. The molecule has 0 spiro atoms. The fraction of sp³-hybridized carbons (Fsp3) is 0.478. The summed E-state index contributed by atoms with van der Waals surface area (Å²) in [5.74, 6) is 4.59. The van der Waals surface area contributed by atoms with Gasteiger partial charge in [-0.25, -0.2) is 9.37 Å². The number of halogens is 1. The van der Waals surface area contributed by atoms with E-state index in [4.69, 9.17) is 5.73 Å². The van der Waals surface area contributed by atoms with Crippen molar-refractivity contribution in [2.24, 2.45) is 5.73 Å². The van der Waals surface area contributed by atoms with Gasteiger partial charge in [-0.05, 0) is 64.7 Å². The Hall–Kier alpha value is -2.69.